The number of amides is 1. The third-order valence-electron chi connectivity index (χ3n) is 4.10. The zero-order chi connectivity index (χ0) is 15.0. The molecule has 2 saturated heterocycles. The molecule has 1 aromatic carbocycles. The minimum absolute atomic E-state index is 0.0851. The van der Waals surface area contributed by atoms with Crippen molar-refractivity contribution in [3.05, 3.63) is 34.9 Å². The number of carbonyl (C=O) groups excluding carboxylic acids is 1. The lowest BCUT2D eigenvalue weighted by Crippen LogP contribution is -2.47. The number of carbonyl (C=O) groups is 1. The van der Waals surface area contributed by atoms with Crippen LogP contribution >= 0.6 is 0 Å². The van der Waals surface area contributed by atoms with Crippen molar-refractivity contribution in [2.75, 3.05) is 26.3 Å². The quantitative estimate of drug-likeness (QED) is 0.798. The molecule has 6 heteroatoms. The van der Waals surface area contributed by atoms with Crippen molar-refractivity contribution in [1.82, 2.24) is 4.90 Å². The SMILES string of the molecule is Cc1cc(C(=O)N2CCC3(CC2)OCCO3)c(F)cc1F. The van der Waals surface area contributed by atoms with Crippen LogP contribution in [0.4, 0.5) is 8.78 Å². The number of halogens is 2. The second-order valence-electron chi connectivity index (χ2n) is 5.48. The van der Waals surface area contributed by atoms with Crippen LogP contribution in [0.5, 0.6) is 0 Å². The van der Waals surface area contributed by atoms with E-state index in [4.69, 9.17) is 9.47 Å². The normalized spacial score (nSPS) is 21.0. The molecule has 0 unspecified atom stereocenters. The lowest BCUT2D eigenvalue weighted by molar-refractivity contribution is -0.181. The highest BCUT2D eigenvalue weighted by Gasteiger charge is 2.41. The van der Waals surface area contributed by atoms with E-state index in [1.807, 2.05) is 0 Å². The van der Waals surface area contributed by atoms with E-state index in [0.717, 1.165) is 6.07 Å². The smallest absolute Gasteiger partial charge is 0.256 e. The summed E-state index contributed by atoms with van der Waals surface area (Å²) in [5.41, 5.74) is 0.175. The summed E-state index contributed by atoms with van der Waals surface area (Å²) in [7, 11) is 0. The van der Waals surface area contributed by atoms with Crippen molar-refractivity contribution < 1.29 is 23.0 Å². The molecule has 2 heterocycles. The Bertz CT molecular complexity index is 560. The Kier molecular flexibility index (Phi) is 3.67. The summed E-state index contributed by atoms with van der Waals surface area (Å²) in [5, 5.41) is 0. The van der Waals surface area contributed by atoms with Gasteiger partial charge in [-0.2, -0.15) is 0 Å². The van der Waals surface area contributed by atoms with E-state index < -0.39 is 23.3 Å². The molecule has 0 atom stereocenters. The van der Waals surface area contributed by atoms with Crippen LogP contribution in [0.2, 0.25) is 0 Å². The third-order valence-corrected chi connectivity index (χ3v) is 4.10. The largest absolute Gasteiger partial charge is 0.347 e. The molecule has 0 saturated carbocycles. The summed E-state index contributed by atoms with van der Waals surface area (Å²) >= 11 is 0. The highest BCUT2D eigenvalue weighted by Crippen LogP contribution is 2.32. The maximum Gasteiger partial charge on any atom is 0.256 e. The Hall–Kier alpha value is -1.53. The van der Waals surface area contributed by atoms with Crippen LogP contribution in [0, 0.1) is 18.6 Å². The molecule has 0 radical (unpaired) electrons. The van der Waals surface area contributed by atoms with Gasteiger partial charge in [0.05, 0.1) is 18.8 Å². The predicted octanol–water partition coefficient (Wildman–Crippen LogP) is 2.25. The van der Waals surface area contributed by atoms with Gasteiger partial charge in [0.2, 0.25) is 0 Å². The van der Waals surface area contributed by atoms with Crippen LogP contribution < -0.4 is 0 Å². The van der Waals surface area contributed by atoms with E-state index in [1.54, 1.807) is 4.90 Å². The molecule has 2 aliphatic rings. The maximum atomic E-state index is 13.8. The summed E-state index contributed by atoms with van der Waals surface area (Å²) in [6.45, 7) is 3.53. The molecule has 114 valence electrons. The summed E-state index contributed by atoms with van der Waals surface area (Å²) in [6, 6.07) is 2.02. The number of ether oxygens (including phenoxy) is 2. The topological polar surface area (TPSA) is 38.8 Å². The monoisotopic (exact) mass is 297 g/mol. The van der Waals surface area contributed by atoms with Crippen molar-refractivity contribution in [2.45, 2.75) is 25.6 Å². The molecular formula is C15H17F2NO3. The number of benzene rings is 1. The highest BCUT2D eigenvalue weighted by atomic mass is 19.1. The molecule has 0 aliphatic carbocycles. The van der Waals surface area contributed by atoms with Crippen molar-refractivity contribution in [3.8, 4) is 0 Å². The zero-order valence-electron chi connectivity index (χ0n) is 11.8. The summed E-state index contributed by atoms with van der Waals surface area (Å²) in [6.07, 6.45) is 1.14. The van der Waals surface area contributed by atoms with Crippen molar-refractivity contribution >= 4 is 5.91 Å². The van der Waals surface area contributed by atoms with Crippen molar-refractivity contribution in [3.63, 3.8) is 0 Å². The van der Waals surface area contributed by atoms with Gasteiger partial charge in [-0.3, -0.25) is 4.79 Å². The van der Waals surface area contributed by atoms with Gasteiger partial charge in [-0.15, -0.1) is 0 Å². The molecule has 2 fully saturated rings. The van der Waals surface area contributed by atoms with Gasteiger partial charge < -0.3 is 14.4 Å². The van der Waals surface area contributed by atoms with E-state index >= 15 is 0 Å². The Labute approximate surface area is 121 Å². The summed E-state index contributed by atoms with van der Waals surface area (Å²) < 4.78 is 38.2. The fourth-order valence-corrected chi connectivity index (χ4v) is 2.83. The molecule has 0 aromatic heterocycles. The predicted molar refractivity (Wildman–Crippen MR) is 70.9 cm³/mol. The Morgan fingerprint density at radius 2 is 1.76 bits per heavy atom. The first-order valence-electron chi connectivity index (χ1n) is 7.04. The zero-order valence-corrected chi connectivity index (χ0v) is 11.8. The van der Waals surface area contributed by atoms with E-state index in [-0.39, 0.29) is 11.1 Å². The van der Waals surface area contributed by atoms with E-state index in [9.17, 15) is 13.6 Å². The molecule has 1 aromatic rings. The molecular weight excluding hydrogens is 280 g/mol. The molecule has 3 rings (SSSR count). The Balaban J connectivity index is 1.73. The Morgan fingerprint density at radius 3 is 2.38 bits per heavy atom. The summed E-state index contributed by atoms with van der Waals surface area (Å²) in [5.74, 6) is -2.46. The standard InChI is InChI=1S/C15H17F2NO3/c1-10-8-11(13(17)9-12(10)16)14(19)18-4-2-15(3-5-18)20-6-7-21-15/h8-9H,2-7H2,1H3. The first kappa shape index (κ1) is 14.4. The lowest BCUT2D eigenvalue weighted by atomic mass is 10.0. The molecule has 0 N–H and O–H groups in total. The second-order valence-corrected chi connectivity index (χ2v) is 5.48. The highest BCUT2D eigenvalue weighted by molar-refractivity contribution is 5.94. The van der Waals surface area contributed by atoms with Gasteiger partial charge in [0.25, 0.3) is 5.91 Å². The molecule has 21 heavy (non-hydrogen) atoms. The van der Waals surface area contributed by atoms with Gasteiger partial charge in [0.1, 0.15) is 11.6 Å². The maximum absolute atomic E-state index is 13.8. The van der Waals surface area contributed by atoms with Crippen LogP contribution in [0.1, 0.15) is 28.8 Å². The first-order valence-corrected chi connectivity index (χ1v) is 7.04. The van der Waals surface area contributed by atoms with Gasteiger partial charge in [-0.25, -0.2) is 8.78 Å². The van der Waals surface area contributed by atoms with E-state index in [1.165, 1.54) is 13.0 Å². The third kappa shape index (κ3) is 2.65. The Morgan fingerprint density at radius 1 is 1.14 bits per heavy atom. The second kappa shape index (κ2) is 5.35. The van der Waals surface area contributed by atoms with Crippen molar-refractivity contribution in [1.29, 1.82) is 0 Å². The van der Waals surface area contributed by atoms with Crippen LogP contribution in [-0.4, -0.2) is 42.9 Å². The van der Waals surface area contributed by atoms with E-state index in [0.29, 0.717) is 39.1 Å². The molecule has 1 amide bonds. The number of hydrogen-bond acceptors (Lipinski definition) is 3. The molecule has 4 nitrogen and oxygen atoms in total. The van der Waals surface area contributed by atoms with Gasteiger partial charge in [0, 0.05) is 32.0 Å². The van der Waals surface area contributed by atoms with E-state index in [2.05, 4.69) is 0 Å². The van der Waals surface area contributed by atoms with Gasteiger partial charge in [0.15, 0.2) is 5.79 Å². The van der Waals surface area contributed by atoms with Crippen LogP contribution in [0.15, 0.2) is 12.1 Å². The number of aryl methyl sites for hydroxylation is 1. The number of likely N-dealkylation sites (tertiary alicyclic amines) is 1. The summed E-state index contributed by atoms with van der Waals surface area (Å²) in [4.78, 5) is 13.9. The van der Waals surface area contributed by atoms with Gasteiger partial charge >= 0.3 is 0 Å². The average molecular weight is 297 g/mol. The van der Waals surface area contributed by atoms with Crippen molar-refractivity contribution in [2.24, 2.45) is 0 Å². The number of rotatable bonds is 1. The molecule has 1 spiro atoms. The number of nitrogens with zero attached hydrogens (tertiary/aromatic N) is 1. The van der Waals surface area contributed by atoms with Gasteiger partial charge in [-0.05, 0) is 18.6 Å². The fourth-order valence-electron chi connectivity index (χ4n) is 2.83. The van der Waals surface area contributed by atoms with Gasteiger partial charge in [-0.1, -0.05) is 0 Å². The van der Waals surface area contributed by atoms with Crippen LogP contribution in [0.3, 0.4) is 0 Å². The fraction of sp³-hybridized carbons (Fsp3) is 0.533. The minimum atomic E-state index is -0.822. The molecule has 2 aliphatic heterocycles. The minimum Gasteiger partial charge on any atom is -0.347 e. The van der Waals surface area contributed by atoms with Crippen LogP contribution in [-0.2, 0) is 9.47 Å². The van der Waals surface area contributed by atoms with Crippen LogP contribution in [0.25, 0.3) is 0 Å². The number of hydrogen-bond donors (Lipinski definition) is 0. The number of piperidine rings is 1. The molecule has 0 bridgehead atoms. The average Bonchev–Trinajstić information content (AvgIpc) is 2.91. The lowest BCUT2D eigenvalue weighted by Gasteiger charge is -2.37. The first-order chi connectivity index (χ1) is 10.0.